The fourth-order valence-corrected chi connectivity index (χ4v) is 16.0. The van der Waals surface area contributed by atoms with Gasteiger partial charge in [-0.25, -0.2) is 18.4 Å². The molecule has 0 radical (unpaired) electrons. The number of thiazole rings is 1. The number of fused-ring (bicyclic) bond motifs is 7. The standard InChI is InChI=1S/C63H77ClF2N10O4S/c1-38-55(81-37-67-38)43-17-15-41(16-18-43)49(35-73-29-23-44(24-30-73)57(65)66)68-58(78)53-32-46(77)34-74(53)60(80)56(62(2,3)4)75-36-50(70-71-75)42-13-11-39(12-14-42)33-72-27-21-40(22-28-72)45-19-20-47-52(31-45)76-51-10-8-9-48(64)54(51)59(79)69-61(76)63(47)25-6-5-7-26-63/h8-10,15-20,31,36-37,39-40,42,44,46,49,53,56-57,77H,5-7,11-14,21-30,32-35H2,1-4H3,(H,68,78)/t39?,42?,46-,49+,53+,56-/m1/s1. The SMILES string of the molecule is Cc1ncsc1-c1ccc([C@H](CN2CCC(C(F)F)CC2)NC(=O)[C@@H]2C[C@@H](O)CN2C(=O)[C@@H](n2cc(C3CCC(CN4CCC(c5ccc6c(c5)-n5c(nc(=O)c7c(Cl)cccc75)C65CCCCC5)CC4)CC3)nn2)C(C)(C)C)cc1. The van der Waals surface area contributed by atoms with Crippen LogP contribution in [0.1, 0.15) is 168 Å². The molecule has 5 fully saturated rings. The van der Waals surface area contributed by atoms with Gasteiger partial charge in [-0.15, -0.1) is 16.4 Å². The number of amides is 2. The van der Waals surface area contributed by atoms with E-state index in [1.807, 2.05) is 75.8 Å². The number of piperidine rings is 2. The van der Waals surface area contributed by atoms with Gasteiger partial charge >= 0.3 is 0 Å². The van der Waals surface area contributed by atoms with E-state index in [0.717, 1.165) is 128 Å². The van der Waals surface area contributed by atoms with Crippen LogP contribution >= 0.6 is 22.9 Å². The number of nitrogens with zero attached hydrogens (tertiary/aromatic N) is 9. The molecule has 6 aliphatic rings. The molecule has 81 heavy (non-hydrogen) atoms. The topological polar surface area (TPSA) is 155 Å². The van der Waals surface area contributed by atoms with Gasteiger partial charge < -0.3 is 25.1 Å². The number of rotatable bonds is 13. The number of hydrogen-bond acceptors (Lipinski definition) is 11. The molecule has 1 spiro atoms. The number of benzene rings is 3. The lowest BCUT2D eigenvalue weighted by Crippen LogP contribution is -2.52. The summed E-state index contributed by atoms with van der Waals surface area (Å²) in [5.74, 6) is 0.861. The average Bonchev–Trinajstić information content (AvgIpc) is 4.41. The van der Waals surface area contributed by atoms with Gasteiger partial charge in [-0.1, -0.05) is 99.3 Å². The molecule has 2 N–H and O–H groups in total. The number of carbonyl (C=O) groups excluding carboxylic acids is 2. The van der Waals surface area contributed by atoms with Crippen LogP contribution in [0.25, 0.3) is 27.0 Å². The Morgan fingerprint density at radius 2 is 1.63 bits per heavy atom. The number of carbonyl (C=O) groups is 2. The molecule has 3 aromatic carbocycles. The van der Waals surface area contributed by atoms with Crippen LogP contribution in [-0.2, 0) is 15.0 Å². The van der Waals surface area contributed by atoms with Crippen molar-refractivity contribution in [3.8, 4) is 16.1 Å². The highest BCUT2D eigenvalue weighted by molar-refractivity contribution is 7.13. The molecular formula is C63H77ClF2N10O4S. The van der Waals surface area contributed by atoms with Crippen LogP contribution < -0.4 is 10.9 Å². The zero-order valence-electron chi connectivity index (χ0n) is 47.2. The van der Waals surface area contributed by atoms with Crippen molar-refractivity contribution >= 4 is 45.7 Å². The summed E-state index contributed by atoms with van der Waals surface area (Å²) in [7, 11) is 0. The maximum Gasteiger partial charge on any atom is 0.282 e. The molecule has 2 saturated carbocycles. The second kappa shape index (κ2) is 22.9. The summed E-state index contributed by atoms with van der Waals surface area (Å²) in [6.45, 7) is 12.6. The van der Waals surface area contributed by atoms with Gasteiger partial charge in [0.2, 0.25) is 18.2 Å². The van der Waals surface area contributed by atoms with Crippen LogP contribution in [0.15, 0.2) is 77.2 Å². The largest absolute Gasteiger partial charge is 0.391 e. The van der Waals surface area contributed by atoms with Gasteiger partial charge in [0.1, 0.15) is 17.9 Å². The molecule has 3 saturated heterocycles. The number of halogens is 3. The van der Waals surface area contributed by atoms with Crippen molar-refractivity contribution in [3.63, 3.8) is 0 Å². The van der Waals surface area contributed by atoms with E-state index < -0.39 is 42.0 Å². The van der Waals surface area contributed by atoms with Crippen LogP contribution in [-0.4, -0.2) is 126 Å². The molecule has 6 aromatic rings. The lowest BCUT2D eigenvalue weighted by atomic mass is 9.69. The van der Waals surface area contributed by atoms with Crippen molar-refractivity contribution in [2.45, 2.75) is 165 Å². The van der Waals surface area contributed by atoms with E-state index >= 15 is 0 Å². The molecule has 2 aliphatic carbocycles. The lowest BCUT2D eigenvalue weighted by Gasteiger charge is -2.37. The van der Waals surface area contributed by atoms with E-state index in [-0.39, 0.29) is 41.7 Å². The van der Waals surface area contributed by atoms with Crippen LogP contribution in [0.3, 0.4) is 0 Å². The zero-order chi connectivity index (χ0) is 56.3. The smallest absolute Gasteiger partial charge is 0.282 e. The Morgan fingerprint density at radius 3 is 2.32 bits per heavy atom. The summed E-state index contributed by atoms with van der Waals surface area (Å²) in [6, 6.07) is 18.7. The molecule has 7 heterocycles. The second-order valence-corrected chi connectivity index (χ2v) is 26.9. The van der Waals surface area contributed by atoms with Crippen molar-refractivity contribution in [2.24, 2.45) is 17.3 Å². The highest BCUT2D eigenvalue weighted by Crippen LogP contribution is 2.52. The van der Waals surface area contributed by atoms with Gasteiger partial charge in [0.05, 0.1) is 60.9 Å². The number of hydrogen-bond donors (Lipinski definition) is 2. The zero-order valence-corrected chi connectivity index (χ0v) is 48.8. The van der Waals surface area contributed by atoms with Crippen LogP contribution in [0.5, 0.6) is 0 Å². The molecule has 4 aliphatic heterocycles. The maximum atomic E-state index is 15.0. The van der Waals surface area contributed by atoms with E-state index in [1.54, 1.807) is 22.1 Å². The number of β-amino-alcohol motifs (C(OH)–C–C–N with tert-alkyl or cyclic N) is 1. The number of likely N-dealkylation sites (tertiary alicyclic amines) is 3. The number of aryl methyl sites for hydroxylation is 1. The molecule has 2 amide bonds. The first-order valence-corrected chi connectivity index (χ1v) is 31.1. The van der Waals surface area contributed by atoms with Gasteiger partial charge in [-0.05, 0) is 155 Å². The molecule has 0 unspecified atom stereocenters. The highest BCUT2D eigenvalue weighted by Gasteiger charge is 2.48. The van der Waals surface area contributed by atoms with Crippen LogP contribution in [0.2, 0.25) is 5.02 Å². The predicted molar refractivity (Wildman–Crippen MR) is 312 cm³/mol. The van der Waals surface area contributed by atoms with Gasteiger partial charge in [-0.3, -0.25) is 19.0 Å². The Bertz CT molecular complexity index is 3310. The maximum absolute atomic E-state index is 15.0. The Morgan fingerprint density at radius 1 is 0.901 bits per heavy atom. The van der Waals surface area contributed by atoms with E-state index in [2.05, 4.69) is 48.1 Å². The molecule has 4 atom stereocenters. The number of aromatic nitrogens is 6. The molecular weight excluding hydrogens is 1070 g/mol. The average molecular weight is 1140 g/mol. The first kappa shape index (κ1) is 56.0. The molecule has 3 aromatic heterocycles. The molecule has 430 valence electrons. The Hall–Kier alpha value is -5.46. The normalized spacial score (nSPS) is 23.7. The quantitative estimate of drug-likeness (QED) is 0.114. The van der Waals surface area contributed by atoms with E-state index in [9.17, 15) is 28.3 Å². The number of aliphatic hydroxyl groups excluding tert-OH is 1. The Kier molecular flexibility index (Phi) is 15.9. The summed E-state index contributed by atoms with van der Waals surface area (Å²) in [5, 5.41) is 24.7. The minimum atomic E-state index is -2.35. The molecule has 12 rings (SSSR count). The lowest BCUT2D eigenvalue weighted by molar-refractivity contribution is -0.144. The van der Waals surface area contributed by atoms with Crippen LogP contribution in [0, 0.1) is 24.2 Å². The van der Waals surface area contributed by atoms with Gasteiger partial charge in [0.25, 0.3) is 5.56 Å². The van der Waals surface area contributed by atoms with Crippen molar-refractivity contribution in [3.05, 3.63) is 122 Å². The van der Waals surface area contributed by atoms with Gasteiger partial charge in [0.15, 0.2) is 0 Å². The summed E-state index contributed by atoms with van der Waals surface area (Å²) >= 11 is 8.23. The molecule has 0 bridgehead atoms. The van der Waals surface area contributed by atoms with Crippen molar-refractivity contribution in [1.82, 2.24) is 49.5 Å². The minimum absolute atomic E-state index is 0.0147. The first-order chi connectivity index (χ1) is 39.0. The van der Waals surface area contributed by atoms with Crippen LogP contribution in [0.4, 0.5) is 8.78 Å². The van der Waals surface area contributed by atoms with E-state index in [1.165, 1.54) is 22.4 Å². The monoisotopic (exact) mass is 1140 g/mol. The third kappa shape index (κ3) is 11.0. The summed E-state index contributed by atoms with van der Waals surface area (Å²) in [5.41, 5.74) is 9.11. The molecule has 18 heteroatoms. The Labute approximate surface area is 482 Å². The van der Waals surface area contributed by atoms with Gasteiger partial charge in [-0.2, -0.15) is 4.98 Å². The number of aliphatic hydroxyl groups is 1. The fourth-order valence-electron chi connectivity index (χ4n) is 14.9. The predicted octanol–water partition coefficient (Wildman–Crippen LogP) is 11.2. The number of alkyl halides is 2. The van der Waals surface area contributed by atoms with Crippen molar-refractivity contribution in [1.29, 1.82) is 0 Å². The fraction of sp³-hybridized carbons (Fsp3) is 0.571. The summed E-state index contributed by atoms with van der Waals surface area (Å²) < 4.78 is 31.2. The van der Waals surface area contributed by atoms with Crippen molar-refractivity contribution < 1.29 is 23.5 Å². The third-order valence-corrected chi connectivity index (χ3v) is 20.7. The van der Waals surface area contributed by atoms with Crippen molar-refractivity contribution in [2.75, 3.05) is 45.8 Å². The summed E-state index contributed by atoms with van der Waals surface area (Å²) in [4.78, 5) is 59.7. The second-order valence-electron chi connectivity index (χ2n) is 25.6. The number of nitrogens with one attached hydrogen (secondary N) is 1. The highest BCUT2D eigenvalue weighted by atomic mass is 35.5. The van der Waals surface area contributed by atoms with E-state index in [4.69, 9.17) is 21.7 Å². The van der Waals surface area contributed by atoms with Gasteiger partial charge in [0, 0.05) is 44.1 Å². The minimum Gasteiger partial charge on any atom is -0.391 e. The summed E-state index contributed by atoms with van der Waals surface area (Å²) in [6.07, 6.45) is 11.4. The first-order valence-electron chi connectivity index (χ1n) is 29.8. The Balaban J connectivity index is 0.677. The van der Waals surface area contributed by atoms with E-state index in [0.29, 0.717) is 54.7 Å². The third-order valence-electron chi connectivity index (χ3n) is 19.4. The molecule has 14 nitrogen and oxygen atoms in total.